The number of nitrogens with zero attached hydrogens (tertiary/aromatic N) is 3. The predicted octanol–water partition coefficient (Wildman–Crippen LogP) is 2.86. The van der Waals surface area contributed by atoms with Gasteiger partial charge in [0.05, 0.1) is 4.34 Å². The summed E-state index contributed by atoms with van der Waals surface area (Å²) < 4.78 is 0.802. The lowest BCUT2D eigenvalue weighted by Crippen LogP contribution is -2.48. The molecule has 0 unspecified atom stereocenters. The Hall–Kier alpha value is -2.14. The first-order valence-corrected chi connectivity index (χ1v) is 10.4. The zero-order valence-corrected chi connectivity index (χ0v) is 17.6. The third-order valence-corrected chi connectivity index (χ3v) is 6.46. The lowest BCUT2D eigenvalue weighted by Gasteiger charge is -2.34. The summed E-state index contributed by atoms with van der Waals surface area (Å²) in [7, 11) is 0. The highest BCUT2D eigenvalue weighted by molar-refractivity contribution is 7.16. The summed E-state index contributed by atoms with van der Waals surface area (Å²) in [5, 5.41) is 9.17. The lowest BCUT2D eigenvalue weighted by molar-refractivity contribution is -0.132. The van der Waals surface area contributed by atoms with Gasteiger partial charge in [-0.3, -0.25) is 14.5 Å². The summed E-state index contributed by atoms with van der Waals surface area (Å²) in [4.78, 5) is 32.7. The number of halogens is 1. The van der Waals surface area contributed by atoms with E-state index in [1.807, 2.05) is 24.0 Å². The summed E-state index contributed by atoms with van der Waals surface area (Å²) >= 11 is 7.58. The molecule has 28 heavy (non-hydrogen) atoms. The Morgan fingerprint density at radius 1 is 1.29 bits per heavy atom. The average molecular weight is 419 g/mol. The van der Waals surface area contributed by atoms with Gasteiger partial charge in [0.1, 0.15) is 11.6 Å². The Labute approximate surface area is 173 Å². The molecule has 1 fully saturated rings. The van der Waals surface area contributed by atoms with E-state index < -0.39 is 0 Å². The van der Waals surface area contributed by atoms with Gasteiger partial charge in [-0.25, -0.2) is 0 Å². The van der Waals surface area contributed by atoms with Gasteiger partial charge in [0, 0.05) is 49.7 Å². The monoisotopic (exact) mass is 418 g/mol. The highest BCUT2D eigenvalue weighted by Crippen LogP contribution is 2.23. The van der Waals surface area contributed by atoms with E-state index in [-0.39, 0.29) is 17.0 Å². The Kier molecular flexibility index (Phi) is 6.55. The predicted molar refractivity (Wildman–Crippen MR) is 111 cm³/mol. The number of aryl methyl sites for hydroxylation is 1. The molecule has 1 N–H and O–H groups in total. The van der Waals surface area contributed by atoms with Crippen LogP contribution in [0.15, 0.2) is 16.9 Å². The van der Waals surface area contributed by atoms with E-state index in [4.69, 9.17) is 11.6 Å². The van der Waals surface area contributed by atoms with Crippen LogP contribution in [-0.2, 0) is 17.8 Å². The minimum atomic E-state index is -0.365. The second-order valence-corrected chi connectivity index (χ2v) is 8.83. The standard InChI is InChI=1S/C20H23ClN4O2S/c1-13-16(14(2)23-20(27)17(13)11-22)4-6-19(26)25-9-7-24(8-10-25)12-15-3-5-18(21)28-15/h3,5H,4,6-10,12H2,1-2H3,(H,23,27). The number of carbonyl (C=O) groups excluding carboxylic acids is 1. The molecule has 1 aliphatic rings. The van der Waals surface area contributed by atoms with Crippen molar-refractivity contribution in [3.05, 3.63) is 54.1 Å². The normalized spacial score (nSPS) is 14.9. The van der Waals surface area contributed by atoms with E-state index in [1.165, 1.54) is 4.88 Å². The second kappa shape index (κ2) is 8.91. The zero-order chi connectivity index (χ0) is 20.3. The molecule has 2 aromatic heterocycles. The van der Waals surface area contributed by atoms with Crippen LogP contribution in [-0.4, -0.2) is 46.9 Å². The molecule has 3 heterocycles. The van der Waals surface area contributed by atoms with Gasteiger partial charge in [-0.05, 0) is 43.5 Å². The van der Waals surface area contributed by atoms with Crippen molar-refractivity contribution in [2.75, 3.05) is 26.2 Å². The van der Waals surface area contributed by atoms with E-state index >= 15 is 0 Å². The molecule has 2 aromatic rings. The van der Waals surface area contributed by atoms with E-state index in [0.29, 0.717) is 31.5 Å². The van der Waals surface area contributed by atoms with E-state index in [1.54, 1.807) is 18.3 Å². The molecule has 0 bridgehead atoms. The molecule has 0 saturated carbocycles. The summed E-state index contributed by atoms with van der Waals surface area (Å²) in [6.45, 7) is 7.57. The number of carbonyl (C=O) groups is 1. The summed E-state index contributed by atoms with van der Waals surface area (Å²) in [6, 6.07) is 5.92. The maximum Gasteiger partial charge on any atom is 0.266 e. The third kappa shape index (κ3) is 4.64. The topological polar surface area (TPSA) is 80.2 Å². The number of pyridine rings is 1. The van der Waals surface area contributed by atoms with Crippen molar-refractivity contribution >= 4 is 28.8 Å². The van der Waals surface area contributed by atoms with Crippen molar-refractivity contribution in [1.82, 2.24) is 14.8 Å². The number of aromatic nitrogens is 1. The van der Waals surface area contributed by atoms with Gasteiger partial charge in [0.15, 0.2) is 0 Å². The van der Waals surface area contributed by atoms with Crippen LogP contribution in [0.25, 0.3) is 0 Å². The van der Waals surface area contributed by atoms with Crippen LogP contribution >= 0.6 is 22.9 Å². The number of nitrogens with one attached hydrogen (secondary N) is 1. The Morgan fingerprint density at radius 3 is 2.61 bits per heavy atom. The fraction of sp³-hybridized carbons (Fsp3) is 0.450. The number of rotatable bonds is 5. The number of amides is 1. The van der Waals surface area contributed by atoms with Crippen LogP contribution in [0.3, 0.4) is 0 Å². The van der Waals surface area contributed by atoms with Crippen molar-refractivity contribution < 1.29 is 4.79 Å². The molecular formula is C20H23ClN4O2S. The summed E-state index contributed by atoms with van der Waals surface area (Å²) in [6.07, 6.45) is 0.898. The first kappa shape index (κ1) is 20.6. The molecule has 0 spiro atoms. The molecular weight excluding hydrogens is 396 g/mol. The minimum Gasteiger partial charge on any atom is -0.340 e. The Bertz CT molecular complexity index is 968. The van der Waals surface area contributed by atoms with Crippen LogP contribution in [0.2, 0.25) is 4.34 Å². The van der Waals surface area contributed by atoms with Crippen LogP contribution in [0.1, 0.15) is 33.7 Å². The van der Waals surface area contributed by atoms with E-state index in [2.05, 4.69) is 16.0 Å². The number of piperazine rings is 1. The molecule has 1 amide bonds. The quantitative estimate of drug-likeness (QED) is 0.809. The van der Waals surface area contributed by atoms with Crippen molar-refractivity contribution in [3.8, 4) is 6.07 Å². The number of nitriles is 1. The van der Waals surface area contributed by atoms with Crippen LogP contribution in [0, 0.1) is 25.2 Å². The molecule has 1 aliphatic heterocycles. The number of hydrogen-bond acceptors (Lipinski definition) is 5. The van der Waals surface area contributed by atoms with Gasteiger partial charge in [0.25, 0.3) is 5.56 Å². The molecule has 148 valence electrons. The number of hydrogen-bond donors (Lipinski definition) is 1. The highest BCUT2D eigenvalue weighted by Gasteiger charge is 2.22. The van der Waals surface area contributed by atoms with Gasteiger partial charge in [-0.15, -0.1) is 11.3 Å². The van der Waals surface area contributed by atoms with Crippen LogP contribution in [0.4, 0.5) is 0 Å². The molecule has 3 rings (SSSR count). The zero-order valence-electron chi connectivity index (χ0n) is 16.0. The summed E-state index contributed by atoms with van der Waals surface area (Å²) in [5.74, 6) is 0.113. The molecule has 6 nitrogen and oxygen atoms in total. The van der Waals surface area contributed by atoms with Gasteiger partial charge < -0.3 is 9.88 Å². The molecule has 0 aromatic carbocycles. The number of aromatic amines is 1. The van der Waals surface area contributed by atoms with Crippen molar-refractivity contribution in [1.29, 1.82) is 5.26 Å². The molecule has 1 saturated heterocycles. The molecule has 0 atom stereocenters. The summed E-state index contributed by atoms with van der Waals surface area (Å²) in [5.41, 5.74) is 2.06. The van der Waals surface area contributed by atoms with Crippen LogP contribution in [0.5, 0.6) is 0 Å². The fourth-order valence-electron chi connectivity index (χ4n) is 3.62. The van der Waals surface area contributed by atoms with Gasteiger partial charge in [0.2, 0.25) is 5.91 Å². The smallest absolute Gasteiger partial charge is 0.266 e. The largest absolute Gasteiger partial charge is 0.340 e. The van der Waals surface area contributed by atoms with Gasteiger partial charge in [-0.2, -0.15) is 5.26 Å². The SMILES string of the molecule is Cc1[nH]c(=O)c(C#N)c(C)c1CCC(=O)N1CCN(Cc2ccc(Cl)s2)CC1. The first-order valence-electron chi connectivity index (χ1n) is 9.26. The van der Waals surface area contributed by atoms with Gasteiger partial charge in [-0.1, -0.05) is 11.6 Å². The van der Waals surface area contributed by atoms with E-state index in [9.17, 15) is 14.9 Å². The van der Waals surface area contributed by atoms with Crippen molar-refractivity contribution in [2.45, 2.75) is 33.2 Å². The maximum absolute atomic E-state index is 12.6. The lowest BCUT2D eigenvalue weighted by atomic mass is 9.99. The number of H-pyrrole nitrogens is 1. The minimum absolute atomic E-state index is 0.113. The average Bonchev–Trinajstić information content (AvgIpc) is 3.06. The molecule has 0 radical (unpaired) electrons. The maximum atomic E-state index is 12.6. The van der Waals surface area contributed by atoms with Crippen molar-refractivity contribution in [2.24, 2.45) is 0 Å². The highest BCUT2D eigenvalue weighted by atomic mass is 35.5. The molecule has 0 aliphatic carbocycles. The molecule has 8 heteroatoms. The third-order valence-electron chi connectivity index (χ3n) is 5.24. The first-order chi connectivity index (χ1) is 13.4. The van der Waals surface area contributed by atoms with Crippen LogP contribution < -0.4 is 5.56 Å². The van der Waals surface area contributed by atoms with E-state index in [0.717, 1.165) is 35.2 Å². The Morgan fingerprint density at radius 2 is 2.00 bits per heavy atom. The second-order valence-electron chi connectivity index (χ2n) is 7.03. The number of thiophene rings is 1. The fourth-order valence-corrected chi connectivity index (χ4v) is 4.75. The van der Waals surface area contributed by atoms with Crippen molar-refractivity contribution in [3.63, 3.8) is 0 Å². The Balaban J connectivity index is 1.54. The van der Waals surface area contributed by atoms with Gasteiger partial charge >= 0.3 is 0 Å².